The summed E-state index contributed by atoms with van der Waals surface area (Å²) >= 11 is 3.45. The lowest BCUT2D eigenvalue weighted by Crippen LogP contribution is -2.15. The maximum atomic E-state index is 4.30. The summed E-state index contributed by atoms with van der Waals surface area (Å²) < 4.78 is 3.21. The van der Waals surface area contributed by atoms with Crippen molar-refractivity contribution in [2.24, 2.45) is 0 Å². The molecule has 1 aromatic heterocycles. The number of nitrogens with zero attached hydrogens (tertiary/aromatic N) is 3. The van der Waals surface area contributed by atoms with Crippen LogP contribution in [-0.4, -0.2) is 28.5 Å². The van der Waals surface area contributed by atoms with Gasteiger partial charge in [-0.3, -0.25) is 0 Å². The Morgan fingerprint density at radius 2 is 2.25 bits per heavy atom. The Hall–Kier alpha value is -0.350. The van der Waals surface area contributed by atoms with Crippen molar-refractivity contribution in [3.63, 3.8) is 0 Å². The van der Waals surface area contributed by atoms with Crippen molar-refractivity contribution >= 4 is 15.9 Å². The third kappa shape index (κ3) is 2.08. The highest BCUT2D eigenvalue weighted by Gasteiger charge is 2.05. The van der Waals surface area contributed by atoms with E-state index in [1.807, 2.05) is 20.3 Å². The van der Waals surface area contributed by atoms with E-state index in [0.717, 1.165) is 23.5 Å². The van der Waals surface area contributed by atoms with Gasteiger partial charge in [0.25, 0.3) is 0 Å². The molecule has 1 rings (SSSR count). The number of halogens is 1. The largest absolute Gasteiger partial charge is 0.322 e. The van der Waals surface area contributed by atoms with Crippen LogP contribution in [-0.2, 0) is 13.1 Å². The molecule has 0 aliphatic carbocycles. The molecule has 68 valence electrons. The van der Waals surface area contributed by atoms with Crippen LogP contribution in [0.5, 0.6) is 0 Å². The normalized spacial score (nSPS) is 11.1. The highest BCUT2D eigenvalue weighted by atomic mass is 79.9. The maximum Gasteiger partial charge on any atom is 0.123 e. The van der Waals surface area contributed by atoms with Gasteiger partial charge in [-0.2, -0.15) is 0 Å². The third-order valence-corrected chi connectivity index (χ3v) is 2.30. The first-order valence-corrected chi connectivity index (χ1v) is 4.79. The molecule has 0 saturated heterocycles. The van der Waals surface area contributed by atoms with E-state index >= 15 is 0 Å². The van der Waals surface area contributed by atoms with Crippen LogP contribution in [0.15, 0.2) is 10.8 Å². The molecule has 1 heterocycles. The Morgan fingerprint density at radius 1 is 1.58 bits per heavy atom. The molecule has 0 unspecified atom stereocenters. The van der Waals surface area contributed by atoms with E-state index < -0.39 is 0 Å². The smallest absolute Gasteiger partial charge is 0.123 e. The molecule has 0 amide bonds. The molecule has 0 saturated carbocycles. The van der Waals surface area contributed by atoms with Crippen LogP contribution in [0, 0.1) is 0 Å². The summed E-state index contributed by atoms with van der Waals surface area (Å²) in [6.45, 7) is 3.97. The fourth-order valence-corrected chi connectivity index (χ4v) is 1.69. The van der Waals surface area contributed by atoms with Gasteiger partial charge in [0.1, 0.15) is 10.4 Å². The van der Waals surface area contributed by atoms with Crippen LogP contribution in [0.4, 0.5) is 0 Å². The van der Waals surface area contributed by atoms with Crippen molar-refractivity contribution in [2.75, 3.05) is 14.1 Å². The second-order valence-corrected chi connectivity index (χ2v) is 3.79. The first-order chi connectivity index (χ1) is 5.65. The average Bonchev–Trinajstić information content (AvgIpc) is 2.30. The molecule has 0 aromatic carbocycles. The summed E-state index contributed by atoms with van der Waals surface area (Å²) in [6, 6.07) is 0. The molecule has 4 heteroatoms. The number of aromatic nitrogens is 2. The van der Waals surface area contributed by atoms with Gasteiger partial charge in [-0.1, -0.05) is 0 Å². The Balaban J connectivity index is 2.84. The van der Waals surface area contributed by atoms with Crippen molar-refractivity contribution < 1.29 is 0 Å². The van der Waals surface area contributed by atoms with Gasteiger partial charge in [0, 0.05) is 6.54 Å². The number of hydrogen-bond donors (Lipinski definition) is 0. The second kappa shape index (κ2) is 4.05. The molecular formula is C8H14BrN3. The number of hydrogen-bond acceptors (Lipinski definition) is 2. The van der Waals surface area contributed by atoms with Gasteiger partial charge in [-0.15, -0.1) is 0 Å². The van der Waals surface area contributed by atoms with E-state index in [2.05, 4.69) is 37.3 Å². The molecule has 0 aliphatic rings. The van der Waals surface area contributed by atoms with E-state index in [0.29, 0.717) is 0 Å². The fraction of sp³-hybridized carbons (Fsp3) is 0.625. The lowest BCUT2D eigenvalue weighted by Gasteiger charge is -2.10. The highest BCUT2D eigenvalue weighted by Crippen LogP contribution is 2.12. The molecule has 1 aromatic rings. The molecule has 0 bridgehead atoms. The Bertz CT molecular complexity index is 255. The van der Waals surface area contributed by atoms with Gasteiger partial charge < -0.3 is 9.47 Å². The van der Waals surface area contributed by atoms with E-state index in [4.69, 9.17) is 0 Å². The first kappa shape index (κ1) is 9.74. The van der Waals surface area contributed by atoms with Crippen LogP contribution >= 0.6 is 15.9 Å². The topological polar surface area (TPSA) is 21.1 Å². The number of rotatable bonds is 3. The average molecular weight is 232 g/mol. The summed E-state index contributed by atoms with van der Waals surface area (Å²) in [5.41, 5.74) is 0. The quantitative estimate of drug-likeness (QED) is 0.791. The van der Waals surface area contributed by atoms with Gasteiger partial charge in [0.2, 0.25) is 0 Å². The van der Waals surface area contributed by atoms with Crippen LogP contribution in [0.25, 0.3) is 0 Å². The minimum atomic E-state index is 0.888. The lowest BCUT2D eigenvalue weighted by atomic mass is 10.5. The van der Waals surface area contributed by atoms with E-state index in [1.54, 1.807) is 0 Å². The summed E-state index contributed by atoms with van der Waals surface area (Å²) in [6.07, 6.45) is 1.85. The zero-order valence-electron chi connectivity index (χ0n) is 7.71. The molecule has 12 heavy (non-hydrogen) atoms. The maximum absolute atomic E-state index is 4.30. The molecule has 0 aliphatic heterocycles. The standard InChI is InChI=1S/C8H14BrN3/c1-4-12-7(9)5-10-8(12)6-11(2)3/h5H,4,6H2,1-3H3. The van der Waals surface area contributed by atoms with Crippen molar-refractivity contribution in [1.82, 2.24) is 14.5 Å². The van der Waals surface area contributed by atoms with Crippen LogP contribution in [0.3, 0.4) is 0 Å². The summed E-state index contributed by atoms with van der Waals surface area (Å²) in [4.78, 5) is 6.41. The molecule has 0 fully saturated rings. The van der Waals surface area contributed by atoms with Crippen molar-refractivity contribution in [2.45, 2.75) is 20.0 Å². The molecule has 0 spiro atoms. The van der Waals surface area contributed by atoms with Gasteiger partial charge in [-0.25, -0.2) is 4.98 Å². The lowest BCUT2D eigenvalue weighted by molar-refractivity contribution is 0.381. The van der Waals surface area contributed by atoms with Gasteiger partial charge >= 0.3 is 0 Å². The molecule has 0 atom stereocenters. The first-order valence-electron chi connectivity index (χ1n) is 3.99. The van der Waals surface area contributed by atoms with Gasteiger partial charge in [0.15, 0.2) is 0 Å². The monoisotopic (exact) mass is 231 g/mol. The fourth-order valence-electron chi connectivity index (χ4n) is 1.13. The predicted octanol–water partition coefficient (Wildman–Crippen LogP) is 1.73. The van der Waals surface area contributed by atoms with Crippen molar-refractivity contribution in [1.29, 1.82) is 0 Å². The van der Waals surface area contributed by atoms with E-state index in [-0.39, 0.29) is 0 Å². The highest BCUT2D eigenvalue weighted by molar-refractivity contribution is 9.10. The molecular weight excluding hydrogens is 218 g/mol. The predicted molar refractivity (Wildman–Crippen MR) is 53.0 cm³/mol. The Labute approximate surface area is 81.5 Å². The molecule has 0 radical (unpaired) electrons. The van der Waals surface area contributed by atoms with E-state index in [1.165, 1.54) is 0 Å². The minimum absolute atomic E-state index is 0.888. The van der Waals surface area contributed by atoms with Gasteiger partial charge in [0.05, 0.1) is 12.7 Å². The van der Waals surface area contributed by atoms with E-state index in [9.17, 15) is 0 Å². The summed E-state index contributed by atoms with van der Waals surface area (Å²) in [5, 5.41) is 0. The second-order valence-electron chi connectivity index (χ2n) is 2.98. The van der Waals surface area contributed by atoms with Crippen LogP contribution < -0.4 is 0 Å². The SMILES string of the molecule is CCn1c(Br)cnc1CN(C)C. The van der Waals surface area contributed by atoms with Crippen LogP contribution in [0.1, 0.15) is 12.7 Å². The van der Waals surface area contributed by atoms with Gasteiger partial charge in [-0.05, 0) is 36.9 Å². The third-order valence-electron chi connectivity index (χ3n) is 1.66. The summed E-state index contributed by atoms with van der Waals surface area (Å²) in [5.74, 6) is 1.11. The number of imidazole rings is 1. The summed E-state index contributed by atoms with van der Waals surface area (Å²) in [7, 11) is 4.09. The zero-order chi connectivity index (χ0) is 9.14. The Morgan fingerprint density at radius 3 is 2.75 bits per heavy atom. The van der Waals surface area contributed by atoms with Crippen molar-refractivity contribution in [3.05, 3.63) is 16.6 Å². The molecule has 0 N–H and O–H groups in total. The van der Waals surface area contributed by atoms with Crippen LogP contribution in [0.2, 0.25) is 0 Å². The minimum Gasteiger partial charge on any atom is -0.322 e. The Kier molecular flexibility index (Phi) is 3.29. The van der Waals surface area contributed by atoms with Crippen molar-refractivity contribution in [3.8, 4) is 0 Å². The zero-order valence-corrected chi connectivity index (χ0v) is 9.30. The molecule has 3 nitrogen and oxygen atoms in total.